The molecule has 0 bridgehead atoms. The Morgan fingerprint density at radius 1 is 0.800 bits per heavy atom. The summed E-state index contributed by atoms with van der Waals surface area (Å²) < 4.78 is 6.19. The largest absolute Gasteiger partial charge is 0.456 e. The lowest BCUT2D eigenvalue weighted by Crippen LogP contribution is -1.85. The van der Waals surface area contributed by atoms with Crippen molar-refractivity contribution in [3.8, 4) is 11.3 Å². The molecule has 1 heterocycles. The molecule has 0 N–H and O–H groups in total. The first kappa shape index (κ1) is 15.5. The van der Waals surface area contributed by atoms with Crippen LogP contribution >= 0.6 is 0 Å². The SMILES string of the molecule is Cc1ccc(-c2oc3ccccc3c2C/C=C/c2ccccc2)cc1. The van der Waals surface area contributed by atoms with Crippen LogP contribution in [0.15, 0.2) is 89.4 Å². The molecule has 0 aliphatic carbocycles. The smallest absolute Gasteiger partial charge is 0.138 e. The van der Waals surface area contributed by atoms with Crippen LogP contribution in [-0.4, -0.2) is 0 Å². The molecule has 4 aromatic rings. The summed E-state index contributed by atoms with van der Waals surface area (Å²) in [4.78, 5) is 0. The molecule has 0 unspecified atom stereocenters. The number of hydrogen-bond acceptors (Lipinski definition) is 1. The standard InChI is InChI=1S/C24H20O/c1-18-14-16-20(17-15-18)24-22(21-11-5-6-13-23(21)25-24)12-7-10-19-8-3-2-4-9-19/h2-11,13-17H,12H2,1H3/b10-7+. The van der Waals surface area contributed by atoms with Crippen LogP contribution in [-0.2, 0) is 6.42 Å². The lowest BCUT2D eigenvalue weighted by Gasteiger charge is -2.02. The van der Waals surface area contributed by atoms with Crippen molar-refractivity contribution in [2.75, 3.05) is 0 Å². The molecule has 25 heavy (non-hydrogen) atoms. The summed E-state index contributed by atoms with van der Waals surface area (Å²) in [5.41, 5.74) is 5.79. The van der Waals surface area contributed by atoms with E-state index in [0.717, 1.165) is 23.3 Å². The molecule has 0 spiro atoms. The summed E-state index contributed by atoms with van der Waals surface area (Å²) >= 11 is 0. The minimum atomic E-state index is 0.842. The van der Waals surface area contributed by atoms with Gasteiger partial charge >= 0.3 is 0 Å². The van der Waals surface area contributed by atoms with Crippen LogP contribution in [0.25, 0.3) is 28.4 Å². The van der Waals surface area contributed by atoms with Gasteiger partial charge in [-0.05, 0) is 25.0 Å². The van der Waals surface area contributed by atoms with Gasteiger partial charge in [0.25, 0.3) is 0 Å². The normalized spacial score (nSPS) is 11.4. The fourth-order valence-electron chi connectivity index (χ4n) is 3.12. The van der Waals surface area contributed by atoms with Gasteiger partial charge in [0.2, 0.25) is 0 Å². The molecular formula is C24H20O. The molecular weight excluding hydrogens is 304 g/mol. The van der Waals surface area contributed by atoms with Crippen LogP contribution in [0.1, 0.15) is 16.7 Å². The molecule has 0 amide bonds. The molecule has 3 aromatic carbocycles. The van der Waals surface area contributed by atoms with Crippen molar-refractivity contribution in [1.29, 1.82) is 0 Å². The molecule has 1 heteroatoms. The van der Waals surface area contributed by atoms with Gasteiger partial charge in [-0.3, -0.25) is 0 Å². The van der Waals surface area contributed by atoms with E-state index in [9.17, 15) is 0 Å². The van der Waals surface area contributed by atoms with Crippen LogP contribution in [0, 0.1) is 6.92 Å². The van der Waals surface area contributed by atoms with Gasteiger partial charge in [0.05, 0.1) is 0 Å². The highest BCUT2D eigenvalue weighted by atomic mass is 16.3. The van der Waals surface area contributed by atoms with Crippen molar-refractivity contribution in [2.45, 2.75) is 13.3 Å². The Hall–Kier alpha value is -3.06. The first-order valence-electron chi connectivity index (χ1n) is 8.60. The summed E-state index contributed by atoms with van der Waals surface area (Å²) in [5, 5.41) is 1.19. The molecule has 0 atom stereocenters. The highest BCUT2D eigenvalue weighted by molar-refractivity contribution is 5.88. The maximum atomic E-state index is 6.19. The molecule has 1 nitrogen and oxygen atoms in total. The lowest BCUT2D eigenvalue weighted by molar-refractivity contribution is 0.628. The Labute approximate surface area is 148 Å². The molecule has 0 aliphatic rings. The van der Waals surface area contributed by atoms with Crippen LogP contribution < -0.4 is 0 Å². The molecule has 0 aliphatic heterocycles. The van der Waals surface area contributed by atoms with Crippen LogP contribution in [0.5, 0.6) is 0 Å². The molecule has 4 rings (SSSR count). The zero-order valence-electron chi connectivity index (χ0n) is 14.3. The van der Waals surface area contributed by atoms with Crippen LogP contribution in [0.3, 0.4) is 0 Å². The average Bonchev–Trinajstić information content (AvgIpc) is 3.02. The van der Waals surface area contributed by atoms with Crippen molar-refractivity contribution >= 4 is 17.0 Å². The summed E-state index contributed by atoms with van der Waals surface area (Å²) in [6, 6.07) is 27.2. The van der Waals surface area contributed by atoms with Gasteiger partial charge in [-0.25, -0.2) is 0 Å². The minimum absolute atomic E-state index is 0.842. The molecule has 0 fully saturated rings. The Balaban J connectivity index is 1.74. The summed E-state index contributed by atoms with van der Waals surface area (Å²) in [7, 11) is 0. The van der Waals surface area contributed by atoms with Gasteiger partial charge in [-0.2, -0.15) is 0 Å². The highest BCUT2D eigenvalue weighted by Crippen LogP contribution is 2.34. The third-order valence-electron chi connectivity index (χ3n) is 4.44. The first-order valence-corrected chi connectivity index (χ1v) is 8.60. The predicted molar refractivity (Wildman–Crippen MR) is 106 cm³/mol. The molecule has 1 aromatic heterocycles. The van der Waals surface area contributed by atoms with Gasteiger partial charge < -0.3 is 4.42 Å². The molecule has 122 valence electrons. The quantitative estimate of drug-likeness (QED) is 0.409. The van der Waals surface area contributed by atoms with E-state index in [1.807, 2.05) is 18.2 Å². The number of fused-ring (bicyclic) bond motifs is 1. The summed E-state index contributed by atoms with van der Waals surface area (Å²) in [5.74, 6) is 0.971. The average molecular weight is 324 g/mol. The fourth-order valence-corrected chi connectivity index (χ4v) is 3.12. The fraction of sp³-hybridized carbons (Fsp3) is 0.0833. The summed E-state index contributed by atoms with van der Waals surface area (Å²) in [6.07, 6.45) is 5.22. The van der Waals surface area contributed by atoms with E-state index in [4.69, 9.17) is 4.42 Å². The van der Waals surface area contributed by atoms with Crippen molar-refractivity contribution in [1.82, 2.24) is 0 Å². The number of para-hydroxylation sites is 1. The Kier molecular flexibility index (Phi) is 4.22. The number of aryl methyl sites for hydroxylation is 1. The Morgan fingerprint density at radius 2 is 1.52 bits per heavy atom. The van der Waals surface area contributed by atoms with E-state index in [1.54, 1.807) is 0 Å². The van der Waals surface area contributed by atoms with E-state index in [2.05, 4.69) is 79.7 Å². The number of allylic oxidation sites excluding steroid dienone is 1. The third-order valence-corrected chi connectivity index (χ3v) is 4.44. The van der Waals surface area contributed by atoms with Crippen LogP contribution in [0.4, 0.5) is 0 Å². The van der Waals surface area contributed by atoms with Crippen LogP contribution in [0.2, 0.25) is 0 Å². The molecule has 0 saturated carbocycles. The second kappa shape index (κ2) is 6.82. The van der Waals surface area contributed by atoms with Crippen molar-refractivity contribution in [2.24, 2.45) is 0 Å². The maximum Gasteiger partial charge on any atom is 0.138 e. The van der Waals surface area contributed by atoms with Gasteiger partial charge in [0, 0.05) is 16.5 Å². The topological polar surface area (TPSA) is 13.1 Å². The van der Waals surface area contributed by atoms with E-state index in [1.165, 1.54) is 22.1 Å². The number of hydrogen-bond donors (Lipinski definition) is 0. The minimum Gasteiger partial charge on any atom is -0.456 e. The lowest BCUT2D eigenvalue weighted by atomic mass is 10.0. The first-order chi connectivity index (χ1) is 12.3. The van der Waals surface area contributed by atoms with E-state index in [0.29, 0.717) is 0 Å². The number of benzene rings is 3. The molecule has 0 radical (unpaired) electrons. The number of furan rings is 1. The second-order valence-electron chi connectivity index (χ2n) is 6.29. The van der Waals surface area contributed by atoms with Crippen molar-refractivity contribution < 1.29 is 4.42 Å². The maximum absolute atomic E-state index is 6.19. The van der Waals surface area contributed by atoms with E-state index in [-0.39, 0.29) is 0 Å². The molecule has 0 saturated heterocycles. The van der Waals surface area contributed by atoms with E-state index < -0.39 is 0 Å². The zero-order chi connectivity index (χ0) is 17.1. The van der Waals surface area contributed by atoms with Gasteiger partial charge in [0.15, 0.2) is 0 Å². The van der Waals surface area contributed by atoms with Crippen molar-refractivity contribution in [3.05, 3.63) is 102 Å². The van der Waals surface area contributed by atoms with Gasteiger partial charge in [0.1, 0.15) is 11.3 Å². The highest BCUT2D eigenvalue weighted by Gasteiger charge is 2.14. The third kappa shape index (κ3) is 3.27. The monoisotopic (exact) mass is 324 g/mol. The number of rotatable bonds is 4. The Bertz CT molecular complexity index is 1010. The summed E-state index contributed by atoms with van der Waals surface area (Å²) in [6.45, 7) is 2.10. The zero-order valence-corrected chi connectivity index (χ0v) is 14.3. The van der Waals surface area contributed by atoms with E-state index >= 15 is 0 Å². The van der Waals surface area contributed by atoms with Crippen molar-refractivity contribution in [3.63, 3.8) is 0 Å². The van der Waals surface area contributed by atoms with Gasteiger partial charge in [-0.1, -0.05) is 90.5 Å². The second-order valence-corrected chi connectivity index (χ2v) is 6.29. The predicted octanol–water partition coefficient (Wildman–Crippen LogP) is 6.66. The Morgan fingerprint density at radius 3 is 2.32 bits per heavy atom. The van der Waals surface area contributed by atoms with Gasteiger partial charge in [-0.15, -0.1) is 0 Å².